The van der Waals surface area contributed by atoms with Gasteiger partial charge in [-0.05, 0) is 31.1 Å². The average Bonchev–Trinajstić information content (AvgIpc) is 3.51. The lowest BCUT2D eigenvalue weighted by molar-refractivity contribution is 0.0468. The van der Waals surface area contributed by atoms with Crippen LogP contribution in [0.1, 0.15) is 60.2 Å². The summed E-state index contributed by atoms with van der Waals surface area (Å²) in [6.45, 7) is 6.66. The normalized spacial score (nSPS) is 12.6. The topological polar surface area (TPSA) is 110 Å². The highest BCUT2D eigenvalue weighted by Gasteiger charge is 2.22. The van der Waals surface area contributed by atoms with Gasteiger partial charge in [-0.25, -0.2) is 14.0 Å². The summed E-state index contributed by atoms with van der Waals surface area (Å²) < 4.78 is 35.3. The number of furan rings is 2. The second kappa shape index (κ2) is 9.56. The smallest absolute Gasteiger partial charge is 0.357 e. The summed E-state index contributed by atoms with van der Waals surface area (Å²) in [6.07, 6.45) is 5.02. The number of aromatic nitrogens is 2. The van der Waals surface area contributed by atoms with E-state index in [1.54, 1.807) is 18.4 Å². The van der Waals surface area contributed by atoms with E-state index in [0.717, 1.165) is 17.5 Å². The molecular weight excluding hydrogens is 431 g/mol. The molecule has 2 N–H and O–H groups in total. The lowest BCUT2D eigenvalue weighted by atomic mass is 10.00. The van der Waals surface area contributed by atoms with Crippen molar-refractivity contribution in [3.8, 4) is 0 Å². The van der Waals surface area contributed by atoms with Crippen LogP contribution in [0.25, 0.3) is 22.2 Å². The van der Waals surface area contributed by atoms with Gasteiger partial charge in [-0.3, -0.25) is 0 Å². The molecule has 0 saturated carbocycles. The number of carbonyl (C=O) groups excluding carboxylic acids is 2. The standard InChI is InChI=1S/C24H27FN2O6/c1-13(2)4-7-31-23(28)17-11-18-20(27-17)15(12-33-18)10-14(3)5-8-32-24(29)21-19(25)22-16(26-21)6-9-30-22/h6,9,11-14,26-27H,4-5,7-8,10H2,1-3H3. The summed E-state index contributed by atoms with van der Waals surface area (Å²) in [5.41, 5.74) is 2.79. The third-order valence-electron chi connectivity index (χ3n) is 5.54. The Labute approximate surface area is 189 Å². The maximum Gasteiger partial charge on any atom is 0.357 e. The Kier molecular flexibility index (Phi) is 6.57. The van der Waals surface area contributed by atoms with E-state index < -0.39 is 17.8 Å². The first-order valence-electron chi connectivity index (χ1n) is 11.0. The number of H-pyrrole nitrogens is 2. The fraction of sp³-hybridized carbons (Fsp3) is 0.417. The predicted molar refractivity (Wildman–Crippen MR) is 119 cm³/mol. The van der Waals surface area contributed by atoms with Crippen molar-refractivity contribution in [1.29, 1.82) is 0 Å². The Hall–Kier alpha value is -3.49. The number of fused-ring (bicyclic) bond motifs is 2. The van der Waals surface area contributed by atoms with Crippen molar-refractivity contribution >= 4 is 34.1 Å². The van der Waals surface area contributed by atoms with E-state index in [1.165, 1.54) is 6.26 Å². The molecule has 0 aliphatic heterocycles. The summed E-state index contributed by atoms with van der Waals surface area (Å²) >= 11 is 0. The first-order valence-corrected chi connectivity index (χ1v) is 11.0. The molecule has 0 amide bonds. The van der Waals surface area contributed by atoms with Crippen LogP contribution in [0, 0.1) is 17.7 Å². The molecule has 4 rings (SSSR count). The first kappa shape index (κ1) is 22.7. The van der Waals surface area contributed by atoms with Gasteiger partial charge in [0.15, 0.2) is 22.7 Å². The van der Waals surface area contributed by atoms with Crippen LogP contribution in [0.2, 0.25) is 0 Å². The van der Waals surface area contributed by atoms with E-state index in [-0.39, 0.29) is 23.8 Å². The van der Waals surface area contributed by atoms with E-state index in [2.05, 4.69) is 23.8 Å². The lowest BCUT2D eigenvalue weighted by Gasteiger charge is -2.10. The molecule has 0 aliphatic carbocycles. The molecule has 4 heterocycles. The molecule has 0 aliphatic rings. The molecule has 0 bridgehead atoms. The minimum Gasteiger partial charge on any atom is -0.462 e. The van der Waals surface area contributed by atoms with Crippen molar-refractivity contribution in [2.24, 2.45) is 11.8 Å². The van der Waals surface area contributed by atoms with Crippen LogP contribution in [-0.2, 0) is 15.9 Å². The average molecular weight is 458 g/mol. The van der Waals surface area contributed by atoms with Crippen LogP contribution in [-0.4, -0.2) is 35.1 Å². The summed E-state index contributed by atoms with van der Waals surface area (Å²) in [6, 6.07) is 3.18. The van der Waals surface area contributed by atoms with Gasteiger partial charge in [0.25, 0.3) is 0 Å². The zero-order chi connectivity index (χ0) is 23.5. The minimum absolute atomic E-state index is 0.00779. The fourth-order valence-corrected chi connectivity index (χ4v) is 3.61. The molecule has 0 radical (unpaired) electrons. The third kappa shape index (κ3) is 4.97. The Morgan fingerprint density at radius 2 is 1.82 bits per heavy atom. The van der Waals surface area contributed by atoms with Crippen molar-refractivity contribution in [2.75, 3.05) is 13.2 Å². The quantitative estimate of drug-likeness (QED) is 0.299. The van der Waals surface area contributed by atoms with E-state index in [4.69, 9.17) is 18.3 Å². The number of nitrogens with one attached hydrogen (secondary N) is 2. The minimum atomic E-state index is -0.762. The highest BCUT2D eigenvalue weighted by Crippen LogP contribution is 2.26. The van der Waals surface area contributed by atoms with E-state index in [9.17, 15) is 14.0 Å². The Bertz CT molecular complexity index is 1260. The van der Waals surface area contributed by atoms with Crippen molar-refractivity contribution < 1.29 is 32.3 Å². The van der Waals surface area contributed by atoms with Crippen LogP contribution in [0.3, 0.4) is 0 Å². The number of ether oxygens (including phenoxy) is 2. The highest BCUT2D eigenvalue weighted by molar-refractivity contribution is 5.94. The summed E-state index contributed by atoms with van der Waals surface area (Å²) in [7, 11) is 0. The summed E-state index contributed by atoms with van der Waals surface area (Å²) in [5, 5.41) is 0. The van der Waals surface area contributed by atoms with Crippen LogP contribution in [0.5, 0.6) is 0 Å². The Balaban J connectivity index is 1.29. The number of halogens is 1. The van der Waals surface area contributed by atoms with Crippen LogP contribution in [0.15, 0.2) is 33.5 Å². The lowest BCUT2D eigenvalue weighted by Crippen LogP contribution is -2.11. The maximum absolute atomic E-state index is 14.2. The Morgan fingerprint density at radius 1 is 1.06 bits per heavy atom. The molecule has 4 aromatic heterocycles. The molecule has 33 heavy (non-hydrogen) atoms. The molecule has 1 unspecified atom stereocenters. The van der Waals surface area contributed by atoms with E-state index in [0.29, 0.717) is 42.2 Å². The highest BCUT2D eigenvalue weighted by atomic mass is 19.1. The number of hydrogen-bond acceptors (Lipinski definition) is 6. The molecule has 176 valence electrons. The second-order valence-electron chi connectivity index (χ2n) is 8.71. The third-order valence-corrected chi connectivity index (χ3v) is 5.54. The molecule has 0 fully saturated rings. The maximum atomic E-state index is 14.2. The van der Waals surface area contributed by atoms with Gasteiger partial charge in [0.1, 0.15) is 5.69 Å². The fourth-order valence-electron chi connectivity index (χ4n) is 3.61. The van der Waals surface area contributed by atoms with Gasteiger partial charge in [0, 0.05) is 17.7 Å². The van der Waals surface area contributed by atoms with Gasteiger partial charge in [-0.15, -0.1) is 0 Å². The number of esters is 2. The second-order valence-corrected chi connectivity index (χ2v) is 8.71. The summed E-state index contributed by atoms with van der Waals surface area (Å²) in [4.78, 5) is 30.2. The molecule has 4 aromatic rings. The predicted octanol–water partition coefficient (Wildman–Crippen LogP) is 5.60. The van der Waals surface area contributed by atoms with Gasteiger partial charge < -0.3 is 28.3 Å². The molecule has 8 nitrogen and oxygen atoms in total. The van der Waals surface area contributed by atoms with Crippen molar-refractivity contribution in [3.63, 3.8) is 0 Å². The molecule has 0 aromatic carbocycles. The van der Waals surface area contributed by atoms with Gasteiger partial charge in [0.2, 0.25) is 0 Å². The van der Waals surface area contributed by atoms with Crippen molar-refractivity contribution in [2.45, 2.75) is 40.0 Å². The van der Waals surface area contributed by atoms with Crippen LogP contribution >= 0.6 is 0 Å². The number of rotatable bonds is 10. The molecule has 9 heteroatoms. The molecule has 0 spiro atoms. The van der Waals surface area contributed by atoms with E-state index >= 15 is 0 Å². The number of aromatic amines is 2. The molecule has 0 saturated heterocycles. The van der Waals surface area contributed by atoms with Gasteiger partial charge in [-0.2, -0.15) is 0 Å². The van der Waals surface area contributed by atoms with Crippen molar-refractivity contribution in [3.05, 3.63) is 47.4 Å². The van der Waals surface area contributed by atoms with Gasteiger partial charge in [-0.1, -0.05) is 20.8 Å². The van der Waals surface area contributed by atoms with Crippen LogP contribution in [0.4, 0.5) is 4.39 Å². The number of carbonyl (C=O) groups is 2. The largest absolute Gasteiger partial charge is 0.462 e. The van der Waals surface area contributed by atoms with Gasteiger partial charge >= 0.3 is 11.9 Å². The van der Waals surface area contributed by atoms with Crippen LogP contribution < -0.4 is 0 Å². The van der Waals surface area contributed by atoms with Gasteiger partial charge in [0.05, 0.1) is 36.8 Å². The number of hydrogen-bond donors (Lipinski definition) is 2. The van der Waals surface area contributed by atoms with E-state index in [1.807, 2.05) is 6.92 Å². The summed E-state index contributed by atoms with van der Waals surface area (Å²) in [5.74, 6) is -1.32. The van der Waals surface area contributed by atoms with Crippen molar-refractivity contribution in [1.82, 2.24) is 9.97 Å². The monoisotopic (exact) mass is 458 g/mol. The first-order chi connectivity index (χ1) is 15.8. The molecular formula is C24H27FN2O6. The zero-order valence-corrected chi connectivity index (χ0v) is 18.8. The molecule has 1 atom stereocenters. The Morgan fingerprint density at radius 3 is 2.58 bits per heavy atom. The zero-order valence-electron chi connectivity index (χ0n) is 18.8. The SMILES string of the molecule is CC(C)CCOC(=O)c1cc2occ(CC(C)CCOC(=O)c3[nH]c4ccoc4c3F)c2[nH]1.